The minimum absolute atomic E-state index is 0.0313. The van der Waals surface area contributed by atoms with Crippen LogP contribution in [0.3, 0.4) is 0 Å². The van der Waals surface area contributed by atoms with Crippen molar-refractivity contribution >= 4 is 34.8 Å². The van der Waals surface area contributed by atoms with E-state index in [2.05, 4.69) is 15.3 Å². The third-order valence-corrected chi connectivity index (χ3v) is 3.34. The lowest BCUT2D eigenvalue weighted by molar-refractivity contribution is 0.0691. The number of aromatic carboxylic acids is 1. The molecule has 0 radical (unpaired) electrons. The van der Waals surface area contributed by atoms with Crippen LogP contribution in [-0.4, -0.2) is 27.0 Å². The van der Waals surface area contributed by atoms with Gasteiger partial charge in [0.1, 0.15) is 5.01 Å². The van der Waals surface area contributed by atoms with Gasteiger partial charge < -0.3 is 10.4 Å². The van der Waals surface area contributed by atoms with Crippen LogP contribution < -0.4 is 5.32 Å². The Morgan fingerprint density at radius 1 is 1.47 bits per heavy atom. The van der Waals surface area contributed by atoms with Crippen molar-refractivity contribution in [2.75, 3.05) is 0 Å². The van der Waals surface area contributed by atoms with Crippen LogP contribution in [0.4, 0.5) is 0 Å². The Morgan fingerprint density at radius 3 is 2.89 bits per heavy atom. The average Bonchev–Trinajstić information content (AvgIpc) is 2.85. The molecule has 0 aromatic carbocycles. The molecule has 1 amide bonds. The molecule has 0 fully saturated rings. The maximum absolute atomic E-state index is 11.8. The molecular formula is C11H8ClN3O3S. The Kier molecular flexibility index (Phi) is 4.08. The van der Waals surface area contributed by atoms with Crippen molar-refractivity contribution in [1.29, 1.82) is 0 Å². The van der Waals surface area contributed by atoms with E-state index in [-0.39, 0.29) is 23.2 Å². The summed E-state index contributed by atoms with van der Waals surface area (Å²) in [6, 6.07) is 1.50. The number of carboxylic acid groups (broad SMARTS) is 1. The average molecular weight is 298 g/mol. The van der Waals surface area contributed by atoms with Gasteiger partial charge in [0.05, 0.1) is 17.1 Å². The van der Waals surface area contributed by atoms with Gasteiger partial charge in [-0.2, -0.15) is 0 Å². The van der Waals surface area contributed by atoms with Crippen LogP contribution in [0.25, 0.3) is 0 Å². The number of pyridine rings is 1. The summed E-state index contributed by atoms with van der Waals surface area (Å²) in [5.41, 5.74) is 0.280. The lowest BCUT2D eigenvalue weighted by Gasteiger charge is -2.04. The fraction of sp³-hybridized carbons (Fsp3) is 0.0909. The number of amides is 1. The highest BCUT2D eigenvalue weighted by molar-refractivity contribution is 7.09. The molecule has 2 N–H and O–H groups in total. The largest absolute Gasteiger partial charge is 0.476 e. The topological polar surface area (TPSA) is 92.2 Å². The first-order chi connectivity index (χ1) is 9.08. The summed E-state index contributed by atoms with van der Waals surface area (Å²) in [6.45, 7) is 0.148. The number of nitrogens with zero attached hydrogens (tertiary/aromatic N) is 2. The molecule has 19 heavy (non-hydrogen) atoms. The minimum atomic E-state index is -1.09. The third-order valence-electron chi connectivity index (χ3n) is 2.19. The number of halogens is 1. The third kappa shape index (κ3) is 3.27. The zero-order chi connectivity index (χ0) is 13.8. The van der Waals surface area contributed by atoms with Gasteiger partial charge in [0.2, 0.25) is 0 Å². The van der Waals surface area contributed by atoms with Crippen molar-refractivity contribution in [2.45, 2.75) is 6.54 Å². The van der Waals surface area contributed by atoms with Crippen LogP contribution in [0.2, 0.25) is 5.02 Å². The zero-order valence-electron chi connectivity index (χ0n) is 9.46. The minimum Gasteiger partial charge on any atom is -0.476 e. The second-order valence-electron chi connectivity index (χ2n) is 3.47. The molecule has 2 aromatic rings. The molecule has 0 bridgehead atoms. The molecule has 0 aliphatic heterocycles. The van der Waals surface area contributed by atoms with Crippen LogP contribution in [0, 0.1) is 0 Å². The predicted octanol–water partition coefficient (Wildman–Crippen LogP) is 1.82. The second kappa shape index (κ2) is 5.77. The number of nitrogens with one attached hydrogen (secondary N) is 1. The number of carbonyl (C=O) groups is 2. The van der Waals surface area contributed by atoms with Gasteiger partial charge in [-0.25, -0.2) is 9.78 Å². The maximum Gasteiger partial charge on any atom is 0.355 e. The summed E-state index contributed by atoms with van der Waals surface area (Å²) >= 11 is 7.00. The van der Waals surface area contributed by atoms with Gasteiger partial charge in [-0.1, -0.05) is 11.6 Å². The molecule has 2 heterocycles. The quantitative estimate of drug-likeness (QED) is 0.898. The van der Waals surface area contributed by atoms with Gasteiger partial charge in [0, 0.05) is 17.8 Å². The zero-order valence-corrected chi connectivity index (χ0v) is 11.0. The lowest BCUT2D eigenvalue weighted by atomic mass is 10.2. The standard InChI is InChI=1S/C11H8ClN3O3S/c12-7-3-13-2-1-6(7)10(16)14-4-9-15-8(5-19-9)11(17)18/h1-3,5H,4H2,(H,14,16)(H,17,18). The molecule has 2 aromatic heterocycles. The number of carbonyl (C=O) groups excluding carboxylic acids is 1. The molecule has 0 spiro atoms. The molecule has 2 rings (SSSR count). The number of rotatable bonds is 4. The molecular weight excluding hydrogens is 290 g/mol. The summed E-state index contributed by atoms with van der Waals surface area (Å²) in [5, 5.41) is 13.5. The van der Waals surface area contributed by atoms with E-state index in [0.29, 0.717) is 10.6 Å². The monoisotopic (exact) mass is 297 g/mol. The van der Waals surface area contributed by atoms with E-state index in [1.807, 2.05) is 0 Å². The molecule has 0 atom stereocenters. The van der Waals surface area contributed by atoms with E-state index in [1.54, 1.807) is 0 Å². The Bertz CT molecular complexity index is 629. The fourth-order valence-electron chi connectivity index (χ4n) is 1.30. The maximum atomic E-state index is 11.8. The Labute approximate surface area is 117 Å². The van der Waals surface area contributed by atoms with E-state index in [4.69, 9.17) is 16.7 Å². The Hall–Kier alpha value is -1.99. The van der Waals surface area contributed by atoms with Gasteiger partial charge in [-0.15, -0.1) is 11.3 Å². The van der Waals surface area contributed by atoms with Gasteiger partial charge in [-0.3, -0.25) is 9.78 Å². The Morgan fingerprint density at radius 2 is 2.26 bits per heavy atom. The first kappa shape index (κ1) is 13.4. The number of carboxylic acids is 1. The van der Waals surface area contributed by atoms with E-state index < -0.39 is 5.97 Å². The van der Waals surface area contributed by atoms with Gasteiger partial charge in [0.25, 0.3) is 5.91 Å². The molecule has 8 heteroatoms. The summed E-state index contributed by atoms with van der Waals surface area (Å²) < 4.78 is 0. The van der Waals surface area contributed by atoms with E-state index in [9.17, 15) is 9.59 Å². The van der Waals surface area contributed by atoms with Crippen LogP contribution in [-0.2, 0) is 6.54 Å². The number of hydrogen-bond acceptors (Lipinski definition) is 5. The number of thiazole rings is 1. The van der Waals surface area contributed by atoms with Gasteiger partial charge in [0.15, 0.2) is 5.69 Å². The van der Waals surface area contributed by atoms with E-state index in [0.717, 1.165) is 0 Å². The van der Waals surface area contributed by atoms with Crippen LogP contribution in [0.5, 0.6) is 0 Å². The molecule has 0 saturated heterocycles. The molecule has 0 aliphatic carbocycles. The summed E-state index contributed by atoms with van der Waals surface area (Å²) in [6.07, 6.45) is 2.84. The van der Waals surface area contributed by atoms with E-state index in [1.165, 1.54) is 35.2 Å². The van der Waals surface area contributed by atoms with Crippen LogP contribution in [0.15, 0.2) is 23.8 Å². The smallest absolute Gasteiger partial charge is 0.355 e. The highest BCUT2D eigenvalue weighted by Crippen LogP contribution is 2.14. The number of hydrogen-bond donors (Lipinski definition) is 2. The highest BCUT2D eigenvalue weighted by atomic mass is 35.5. The van der Waals surface area contributed by atoms with Crippen molar-refractivity contribution in [3.63, 3.8) is 0 Å². The SMILES string of the molecule is O=C(O)c1csc(CNC(=O)c2ccncc2Cl)n1. The van der Waals surface area contributed by atoms with Crippen molar-refractivity contribution in [1.82, 2.24) is 15.3 Å². The van der Waals surface area contributed by atoms with Crippen LogP contribution in [0.1, 0.15) is 25.9 Å². The summed E-state index contributed by atoms with van der Waals surface area (Å²) in [5.74, 6) is -1.45. The van der Waals surface area contributed by atoms with Crippen molar-refractivity contribution in [2.24, 2.45) is 0 Å². The van der Waals surface area contributed by atoms with E-state index >= 15 is 0 Å². The molecule has 98 valence electrons. The Balaban J connectivity index is 2.00. The van der Waals surface area contributed by atoms with Gasteiger partial charge >= 0.3 is 5.97 Å². The van der Waals surface area contributed by atoms with Crippen molar-refractivity contribution < 1.29 is 14.7 Å². The normalized spacial score (nSPS) is 10.2. The lowest BCUT2D eigenvalue weighted by Crippen LogP contribution is -2.23. The fourth-order valence-corrected chi connectivity index (χ4v) is 2.21. The molecule has 0 aliphatic rings. The van der Waals surface area contributed by atoms with Gasteiger partial charge in [-0.05, 0) is 6.07 Å². The summed E-state index contributed by atoms with van der Waals surface area (Å²) in [7, 11) is 0. The second-order valence-corrected chi connectivity index (χ2v) is 4.82. The molecule has 6 nitrogen and oxygen atoms in total. The number of aromatic nitrogens is 2. The van der Waals surface area contributed by atoms with Crippen molar-refractivity contribution in [3.8, 4) is 0 Å². The summed E-state index contributed by atoms with van der Waals surface area (Å²) in [4.78, 5) is 30.1. The molecule has 0 unspecified atom stereocenters. The molecule has 0 saturated carbocycles. The first-order valence-electron chi connectivity index (χ1n) is 5.13. The highest BCUT2D eigenvalue weighted by Gasteiger charge is 2.12. The van der Waals surface area contributed by atoms with Crippen molar-refractivity contribution in [3.05, 3.63) is 45.1 Å². The predicted molar refractivity (Wildman–Crippen MR) is 69.5 cm³/mol. The van der Waals surface area contributed by atoms with Crippen LogP contribution >= 0.6 is 22.9 Å². The first-order valence-corrected chi connectivity index (χ1v) is 6.39.